The van der Waals surface area contributed by atoms with Gasteiger partial charge in [-0.1, -0.05) is 60.7 Å². The van der Waals surface area contributed by atoms with Crippen molar-refractivity contribution in [2.24, 2.45) is 0 Å². The van der Waals surface area contributed by atoms with Crippen molar-refractivity contribution in [1.82, 2.24) is 9.97 Å². The van der Waals surface area contributed by atoms with Crippen molar-refractivity contribution in [3.8, 4) is 33.9 Å². The van der Waals surface area contributed by atoms with Crippen LogP contribution in [0.15, 0.2) is 115 Å². The third-order valence-electron chi connectivity index (χ3n) is 5.82. The van der Waals surface area contributed by atoms with Gasteiger partial charge in [-0.2, -0.15) is 0 Å². The molecule has 3 heterocycles. The first-order valence-electron chi connectivity index (χ1n) is 11.1. The van der Waals surface area contributed by atoms with Crippen LogP contribution in [0.5, 0.6) is 11.6 Å². The van der Waals surface area contributed by atoms with Gasteiger partial charge < -0.3 is 9.30 Å². The molecular weight excluding hydrogens is 427 g/mol. The van der Waals surface area contributed by atoms with Crippen LogP contribution >= 0.6 is 7.14 Å². The Balaban J connectivity index is 1.47. The molecular formula is C28H19N2O2P. The summed E-state index contributed by atoms with van der Waals surface area (Å²) in [6.45, 7) is 0. The topological polar surface area (TPSA) is 52.1 Å². The zero-order chi connectivity index (χ0) is 23.1. The van der Waals surface area contributed by atoms with Crippen LogP contribution in [0.25, 0.3) is 22.3 Å². The van der Waals surface area contributed by atoms with Crippen molar-refractivity contribution in [2.75, 3.05) is 0 Å². The van der Waals surface area contributed by atoms with Gasteiger partial charge in [0.05, 0.1) is 1.37 Å². The van der Waals surface area contributed by atoms with E-state index in [2.05, 4.69) is 9.97 Å². The van der Waals surface area contributed by atoms with E-state index in [-0.39, 0.29) is 0 Å². The SMILES string of the molecule is [2H]c1ccc(P2(=O)c3ccccc3-c3ccc(-c4cccc(Oc5ccccn5)c4)cc32)nc1. The number of ether oxygens (including phenoxy) is 1. The molecule has 0 aliphatic carbocycles. The Kier molecular flexibility index (Phi) is 4.41. The summed E-state index contributed by atoms with van der Waals surface area (Å²) in [6.07, 6.45) is 3.15. The Morgan fingerprint density at radius 2 is 1.55 bits per heavy atom. The highest BCUT2D eigenvalue weighted by Crippen LogP contribution is 2.52. The van der Waals surface area contributed by atoms with Gasteiger partial charge >= 0.3 is 0 Å². The fourth-order valence-electron chi connectivity index (χ4n) is 4.32. The molecule has 0 amide bonds. The molecule has 5 heteroatoms. The van der Waals surface area contributed by atoms with E-state index in [4.69, 9.17) is 6.11 Å². The number of pyridine rings is 2. The van der Waals surface area contributed by atoms with Crippen molar-refractivity contribution < 1.29 is 10.7 Å². The average Bonchev–Trinajstić information content (AvgIpc) is 3.14. The molecule has 1 aliphatic heterocycles. The molecule has 0 saturated carbocycles. The van der Waals surface area contributed by atoms with Crippen molar-refractivity contribution in [2.45, 2.75) is 0 Å². The van der Waals surface area contributed by atoms with Crippen LogP contribution < -0.4 is 20.8 Å². The van der Waals surface area contributed by atoms with Gasteiger partial charge in [-0.25, -0.2) is 4.98 Å². The number of fused-ring (bicyclic) bond motifs is 3. The Morgan fingerprint density at radius 3 is 2.39 bits per heavy atom. The van der Waals surface area contributed by atoms with Crippen LogP contribution in [0, 0.1) is 0 Å². The predicted octanol–water partition coefficient (Wildman–Crippen LogP) is 5.56. The van der Waals surface area contributed by atoms with Gasteiger partial charge in [0.2, 0.25) is 5.88 Å². The molecule has 1 aliphatic rings. The van der Waals surface area contributed by atoms with E-state index in [1.807, 2.05) is 84.9 Å². The molecule has 3 aromatic carbocycles. The molecule has 158 valence electrons. The number of rotatable bonds is 4. The minimum atomic E-state index is -3.17. The molecule has 0 spiro atoms. The highest BCUT2D eigenvalue weighted by Gasteiger charge is 2.41. The molecule has 1 atom stereocenters. The van der Waals surface area contributed by atoms with Gasteiger partial charge in [-0.15, -0.1) is 0 Å². The largest absolute Gasteiger partial charge is 0.439 e. The minimum Gasteiger partial charge on any atom is -0.439 e. The summed E-state index contributed by atoms with van der Waals surface area (Å²) in [4.78, 5) is 8.64. The summed E-state index contributed by atoms with van der Waals surface area (Å²) in [6, 6.07) is 30.9. The molecule has 4 nitrogen and oxygen atoms in total. The molecule has 0 bridgehead atoms. The van der Waals surface area contributed by atoms with Crippen LogP contribution in [0.2, 0.25) is 0 Å². The first kappa shape index (κ1) is 18.6. The summed E-state index contributed by atoms with van der Waals surface area (Å²) in [5.74, 6) is 1.20. The lowest BCUT2D eigenvalue weighted by atomic mass is 10.0. The van der Waals surface area contributed by atoms with E-state index in [0.29, 0.717) is 23.1 Å². The molecule has 5 aromatic rings. The summed E-state index contributed by atoms with van der Waals surface area (Å²) < 4.78 is 28.4. The summed E-state index contributed by atoms with van der Waals surface area (Å²) in [5.41, 5.74) is 4.32. The highest BCUT2D eigenvalue weighted by molar-refractivity contribution is 7.86. The van der Waals surface area contributed by atoms with Crippen molar-refractivity contribution in [3.63, 3.8) is 0 Å². The van der Waals surface area contributed by atoms with Crippen LogP contribution in [0.4, 0.5) is 0 Å². The van der Waals surface area contributed by atoms with Gasteiger partial charge in [0.1, 0.15) is 11.2 Å². The van der Waals surface area contributed by atoms with Gasteiger partial charge in [0.25, 0.3) is 0 Å². The highest BCUT2D eigenvalue weighted by atomic mass is 31.2. The third-order valence-corrected chi connectivity index (χ3v) is 8.85. The maximum atomic E-state index is 14.7. The second-order valence-corrected chi connectivity index (χ2v) is 10.4. The molecule has 0 N–H and O–H groups in total. The standard InChI is InChI=1S/C28H19N2O2P/c31-33(28-13-4-6-17-30-28)25-11-2-1-10-23(25)24-15-14-21(19-26(24)33)20-8-7-9-22(18-20)32-27-12-3-5-16-29-27/h1-19H/i6D. The lowest BCUT2D eigenvalue weighted by Gasteiger charge is -2.15. The first-order valence-corrected chi connectivity index (χ1v) is 12.3. The van der Waals surface area contributed by atoms with E-state index in [0.717, 1.165) is 32.9 Å². The van der Waals surface area contributed by atoms with Crippen molar-refractivity contribution >= 4 is 23.2 Å². The predicted molar refractivity (Wildman–Crippen MR) is 132 cm³/mol. The van der Waals surface area contributed by atoms with E-state index in [1.165, 1.54) is 6.20 Å². The van der Waals surface area contributed by atoms with Gasteiger partial charge in [-0.3, -0.25) is 4.98 Å². The maximum absolute atomic E-state index is 14.7. The molecule has 6 rings (SSSR count). The lowest BCUT2D eigenvalue weighted by molar-refractivity contribution is 0.463. The summed E-state index contributed by atoms with van der Waals surface area (Å²) in [5, 5.41) is 1.56. The van der Waals surface area contributed by atoms with E-state index >= 15 is 0 Å². The normalized spacial score (nSPS) is 16.5. The van der Waals surface area contributed by atoms with Crippen molar-refractivity contribution in [3.05, 3.63) is 115 Å². The maximum Gasteiger partial charge on any atom is 0.219 e. The van der Waals surface area contributed by atoms with Crippen molar-refractivity contribution in [1.29, 1.82) is 0 Å². The molecule has 0 fully saturated rings. The summed E-state index contributed by atoms with van der Waals surface area (Å²) >= 11 is 0. The zero-order valence-corrected chi connectivity index (χ0v) is 18.4. The first-order chi connectivity index (χ1) is 16.6. The third kappa shape index (κ3) is 3.27. The zero-order valence-electron chi connectivity index (χ0n) is 18.6. The molecule has 0 saturated heterocycles. The Morgan fingerprint density at radius 1 is 0.697 bits per heavy atom. The minimum absolute atomic E-state index is 0.293. The number of benzene rings is 3. The summed E-state index contributed by atoms with van der Waals surface area (Å²) in [7, 11) is -3.17. The lowest BCUT2D eigenvalue weighted by Crippen LogP contribution is -2.23. The van der Waals surface area contributed by atoms with Gasteiger partial charge in [-0.05, 0) is 58.6 Å². The van der Waals surface area contributed by atoms with Gasteiger partial charge in [0.15, 0.2) is 7.14 Å². The Bertz CT molecular complexity index is 1570. The number of hydrogen-bond donors (Lipinski definition) is 0. The van der Waals surface area contributed by atoms with Crippen LogP contribution in [-0.4, -0.2) is 9.97 Å². The Labute approximate surface area is 193 Å². The second kappa shape index (κ2) is 7.84. The second-order valence-electron chi connectivity index (χ2n) is 7.77. The molecule has 2 aromatic heterocycles. The quantitative estimate of drug-likeness (QED) is 0.332. The fourth-order valence-corrected chi connectivity index (χ4v) is 7.26. The number of aromatic nitrogens is 2. The molecule has 33 heavy (non-hydrogen) atoms. The fraction of sp³-hybridized carbons (Fsp3) is 0. The van der Waals surface area contributed by atoms with Crippen LogP contribution in [0.1, 0.15) is 1.37 Å². The smallest absolute Gasteiger partial charge is 0.219 e. The van der Waals surface area contributed by atoms with E-state index < -0.39 is 7.14 Å². The van der Waals surface area contributed by atoms with Crippen LogP contribution in [0.3, 0.4) is 0 Å². The van der Waals surface area contributed by atoms with E-state index in [9.17, 15) is 4.57 Å². The molecule has 1 unspecified atom stereocenters. The molecule has 0 radical (unpaired) electrons. The number of hydrogen-bond acceptors (Lipinski definition) is 4. The van der Waals surface area contributed by atoms with Crippen LogP contribution in [-0.2, 0) is 4.57 Å². The number of nitrogens with zero attached hydrogens (tertiary/aromatic N) is 2. The van der Waals surface area contributed by atoms with E-state index in [1.54, 1.807) is 18.3 Å². The Hall–Kier alpha value is -4.01. The average molecular weight is 447 g/mol. The van der Waals surface area contributed by atoms with Gasteiger partial charge in [0, 0.05) is 29.1 Å². The monoisotopic (exact) mass is 447 g/mol.